The average Bonchev–Trinajstić information content (AvgIpc) is 2.35. The second-order valence-electron chi connectivity index (χ2n) is 4.07. The molecule has 2 N–H and O–H groups in total. The Morgan fingerprint density at radius 3 is 2.68 bits per heavy atom. The molecule has 1 rings (SSSR count). The van der Waals surface area contributed by atoms with E-state index in [1.165, 1.54) is 18.3 Å². The Labute approximate surface area is 111 Å². The zero-order chi connectivity index (χ0) is 14.6. The van der Waals surface area contributed by atoms with Crippen molar-refractivity contribution in [1.29, 1.82) is 5.26 Å². The molecule has 1 amide bonds. The fourth-order valence-corrected chi connectivity index (χ4v) is 3.21. The highest BCUT2D eigenvalue weighted by Gasteiger charge is 2.30. The highest BCUT2D eigenvalue weighted by atomic mass is 32.2. The number of rotatable bonds is 5. The maximum absolute atomic E-state index is 12.4. The van der Waals surface area contributed by atoms with E-state index < -0.39 is 28.5 Å². The summed E-state index contributed by atoms with van der Waals surface area (Å²) in [6, 6.07) is 3.94. The first-order chi connectivity index (χ1) is 8.80. The third-order valence-corrected chi connectivity index (χ3v) is 4.40. The molecule has 0 aliphatic rings. The largest absolute Gasteiger partial charge is 0.369 e. The first-order valence-corrected chi connectivity index (χ1v) is 6.90. The van der Waals surface area contributed by atoms with Gasteiger partial charge in [-0.1, -0.05) is 0 Å². The topological polar surface area (TPSA) is 117 Å². The highest BCUT2D eigenvalue weighted by molar-refractivity contribution is 7.89. The van der Waals surface area contributed by atoms with E-state index in [-0.39, 0.29) is 10.6 Å². The number of carbonyl (C=O) groups is 1. The number of nitrogens with zero attached hydrogens (tertiary/aromatic N) is 3. The molecule has 0 unspecified atom stereocenters. The van der Waals surface area contributed by atoms with Crippen molar-refractivity contribution in [2.24, 2.45) is 5.73 Å². The predicted octanol–water partition coefficient (Wildman–Crippen LogP) is -0.162. The van der Waals surface area contributed by atoms with E-state index in [9.17, 15) is 13.2 Å². The maximum atomic E-state index is 12.4. The quantitative estimate of drug-likeness (QED) is 0.805. The number of pyridine rings is 1. The molecule has 0 aliphatic carbocycles. The summed E-state index contributed by atoms with van der Waals surface area (Å²) in [5, 5.41) is 8.90. The number of nitriles is 1. The molecular formula is C11H14N4O3S. The summed E-state index contributed by atoms with van der Waals surface area (Å²) in [5.74, 6) is -0.764. The van der Waals surface area contributed by atoms with Gasteiger partial charge < -0.3 is 5.73 Å². The second kappa shape index (κ2) is 5.77. The van der Waals surface area contributed by atoms with Crippen LogP contribution in [-0.4, -0.2) is 36.2 Å². The number of aromatic nitrogens is 1. The van der Waals surface area contributed by atoms with Crippen molar-refractivity contribution in [3.05, 3.63) is 24.0 Å². The van der Waals surface area contributed by atoms with E-state index in [4.69, 9.17) is 11.0 Å². The van der Waals surface area contributed by atoms with Gasteiger partial charge in [-0.05, 0) is 26.0 Å². The van der Waals surface area contributed by atoms with Gasteiger partial charge in [0.05, 0.1) is 6.54 Å². The molecular weight excluding hydrogens is 268 g/mol. The minimum Gasteiger partial charge on any atom is -0.369 e. The van der Waals surface area contributed by atoms with E-state index in [1.54, 1.807) is 19.9 Å². The lowest BCUT2D eigenvalue weighted by Crippen LogP contribution is -2.42. The predicted molar refractivity (Wildman–Crippen MR) is 67.2 cm³/mol. The van der Waals surface area contributed by atoms with Crippen LogP contribution in [0.3, 0.4) is 0 Å². The van der Waals surface area contributed by atoms with Gasteiger partial charge in [0.15, 0.2) is 5.69 Å². The van der Waals surface area contributed by atoms with Crippen LogP contribution in [0.25, 0.3) is 0 Å². The molecule has 0 atom stereocenters. The summed E-state index contributed by atoms with van der Waals surface area (Å²) >= 11 is 0. The van der Waals surface area contributed by atoms with Crippen molar-refractivity contribution in [3.8, 4) is 6.07 Å². The van der Waals surface area contributed by atoms with Crippen LogP contribution in [0.4, 0.5) is 0 Å². The molecule has 102 valence electrons. The summed E-state index contributed by atoms with van der Waals surface area (Å²) in [6.07, 6.45) is 1.32. The second-order valence-corrected chi connectivity index (χ2v) is 5.93. The lowest BCUT2D eigenvalue weighted by molar-refractivity contribution is -0.118. The summed E-state index contributed by atoms with van der Waals surface area (Å²) in [7, 11) is -3.99. The minimum atomic E-state index is -3.99. The van der Waals surface area contributed by atoms with Crippen LogP contribution in [0.5, 0.6) is 0 Å². The monoisotopic (exact) mass is 282 g/mol. The highest BCUT2D eigenvalue weighted by Crippen LogP contribution is 2.19. The lowest BCUT2D eigenvalue weighted by atomic mass is 10.4. The molecule has 0 radical (unpaired) electrons. The molecule has 0 saturated heterocycles. The van der Waals surface area contributed by atoms with Gasteiger partial charge in [-0.3, -0.25) is 4.79 Å². The van der Waals surface area contributed by atoms with Crippen molar-refractivity contribution in [2.45, 2.75) is 24.8 Å². The zero-order valence-corrected chi connectivity index (χ0v) is 11.4. The summed E-state index contributed by atoms with van der Waals surface area (Å²) in [5.41, 5.74) is 4.84. The SMILES string of the molecule is CC(C)N(CC(N)=O)S(=O)(=O)c1cccnc1C#N. The van der Waals surface area contributed by atoms with E-state index in [1.807, 2.05) is 0 Å². The molecule has 0 spiro atoms. The molecule has 1 aromatic rings. The Bertz CT molecular complexity index is 619. The van der Waals surface area contributed by atoms with Gasteiger partial charge in [-0.2, -0.15) is 9.57 Å². The smallest absolute Gasteiger partial charge is 0.246 e. The first kappa shape index (κ1) is 15.1. The fourth-order valence-electron chi connectivity index (χ4n) is 1.51. The molecule has 7 nitrogen and oxygen atoms in total. The molecule has 0 saturated carbocycles. The van der Waals surface area contributed by atoms with Gasteiger partial charge in [-0.25, -0.2) is 13.4 Å². The van der Waals surface area contributed by atoms with Crippen molar-refractivity contribution in [2.75, 3.05) is 6.54 Å². The van der Waals surface area contributed by atoms with Crippen LogP contribution in [0.2, 0.25) is 0 Å². The minimum absolute atomic E-state index is 0.211. The zero-order valence-electron chi connectivity index (χ0n) is 10.6. The Morgan fingerprint density at radius 2 is 2.21 bits per heavy atom. The number of hydrogen-bond acceptors (Lipinski definition) is 5. The van der Waals surface area contributed by atoms with E-state index >= 15 is 0 Å². The molecule has 1 aromatic heterocycles. The summed E-state index contributed by atoms with van der Waals surface area (Å²) < 4.78 is 25.8. The van der Waals surface area contributed by atoms with E-state index in [2.05, 4.69) is 4.98 Å². The summed E-state index contributed by atoms with van der Waals surface area (Å²) in [6.45, 7) is 2.78. The normalized spacial score (nSPS) is 11.5. The van der Waals surface area contributed by atoms with Crippen LogP contribution in [0.15, 0.2) is 23.2 Å². The van der Waals surface area contributed by atoms with Crippen LogP contribution in [0, 0.1) is 11.3 Å². The van der Waals surface area contributed by atoms with Gasteiger partial charge in [0.25, 0.3) is 0 Å². The Balaban J connectivity index is 3.36. The molecule has 0 aliphatic heterocycles. The number of sulfonamides is 1. The Hall–Kier alpha value is -1.98. The van der Waals surface area contributed by atoms with E-state index in [0.29, 0.717) is 0 Å². The van der Waals surface area contributed by atoms with Gasteiger partial charge in [0.1, 0.15) is 11.0 Å². The van der Waals surface area contributed by atoms with Gasteiger partial charge in [-0.15, -0.1) is 0 Å². The molecule has 0 fully saturated rings. The number of hydrogen-bond donors (Lipinski definition) is 1. The molecule has 0 aromatic carbocycles. The molecule has 0 bridgehead atoms. The van der Waals surface area contributed by atoms with Crippen molar-refractivity contribution in [3.63, 3.8) is 0 Å². The number of carbonyl (C=O) groups excluding carboxylic acids is 1. The average molecular weight is 282 g/mol. The van der Waals surface area contributed by atoms with Crippen molar-refractivity contribution in [1.82, 2.24) is 9.29 Å². The standard InChI is InChI=1S/C11H14N4O3S/c1-8(2)15(7-11(13)16)19(17,18)10-4-3-5-14-9(10)6-12/h3-5,8H,7H2,1-2H3,(H2,13,16). The summed E-state index contributed by atoms with van der Waals surface area (Å²) in [4.78, 5) is 14.5. The number of primary amides is 1. The van der Waals surface area contributed by atoms with Crippen molar-refractivity contribution < 1.29 is 13.2 Å². The Morgan fingerprint density at radius 1 is 1.58 bits per heavy atom. The lowest BCUT2D eigenvalue weighted by Gasteiger charge is -2.24. The first-order valence-electron chi connectivity index (χ1n) is 5.46. The van der Waals surface area contributed by atoms with Crippen LogP contribution in [0.1, 0.15) is 19.5 Å². The Kier molecular flexibility index (Phi) is 4.58. The molecule has 19 heavy (non-hydrogen) atoms. The van der Waals surface area contributed by atoms with Gasteiger partial charge in [0.2, 0.25) is 15.9 Å². The third-order valence-electron chi connectivity index (χ3n) is 2.35. The van der Waals surface area contributed by atoms with Crippen LogP contribution >= 0.6 is 0 Å². The number of nitrogens with two attached hydrogens (primary N) is 1. The van der Waals surface area contributed by atoms with Crippen LogP contribution < -0.4 is 5.73 Å². The fraction of sp³-hybridized carbons (Fsp3) is 0.364. The van der Waals surface area contributed by atoms with Gasteiger partial charge in [0, 0.05) is 12.2 Å². The maximum Gasteiger partial charge on any atom is 0.246 e. The third kappa shape index (κ3) is 3.27. The number of amides is 1. The van der Waals surface area contributed by atoms with Crippen LogP contribution in [-0.2, 0) is 14.8 Å². The van der Waals surface area contributed by atoms with E-state index in [0.717, 1.165) is 4.31 Å². The van der Waals surface area contributed by atoms with Gasteiger partial charge >= 0.3 is 0 Å². The molecule has 1 heterocycles. The van der Waals surface area contributed by atoms with Crippen molar-refractivity contribution >= 4 is 15.9 Å². The molecule has 8 heteroatoms.